The number of carbonyl (C=O) groups is 1. The van der Waals surface area contributed by atoms with Gasteiger partial charge in [0.2, 0.25) is 11.9 Å². The summed E-state index contributed by atoms with van der Waals surface area (Å²) in [5.41, 5.74) is 7.13. The van der Waals surface area contributed by atoms with Crippen molar-refractivity contribution in [2.75, 3.05) is 5.32 Å². The van der Waals surface area contributed by atoms with Crippen molar-refractivity contribution < 1.29 is 14.3 Å². The first-order chi connectivity index (χ1) is 16.0. The maximum atomic E-state index is 13.6. The van der Waals surface area contributed by atoms with Crippen LogP contribution in [0.5, 0.6) is 0 Å². The van der Waals surface area contributed by atoms with Crippen molar-refractivity contribution in [3.8, 4) is 10.4 Å². The van der Waals surface area contributed by atoms with Crippen LogP contribution in [0.15, 0.2) is 36.7 Å². The number of aryl methyl sites for hydroxylation is 1. The van der Waals surface area contributed by atoms with E-state index in [1.165, 1.54) is 24.5 Å². The van der Waals surface area contributed by atoms with Crippen LogP contribution in [0, 0.1) is 18.3 Å². The number of primary amides is 1. The van der Waals surface area contributed by atoms with E-state index >= 15 is 0 Å². The molecular formula is C25H30FN5O2S. The molecule has 0 saturated heterocycles. The summed E-state index contributed by atoms with van der Waals surface area (Å²) in [5.74, 6) is -0.257. The molecule has 2 aromatic heterocycles. The zero-order chi connectivity index (χ0) is 24.7. The van der Waals surface area contributed by atoms with Gasteiger partial charge in [-0.2, -0.15) is 0 Å². The molecule has 34 heavy (non-hydrogen) atoms. The molecule has 180 valence electrons. The van der Waals surface area contributed by atoms with Gasteiger partial charge in [-0.15, -0.1) is 11.3 Å². The van der Waals surface area contributed by atoms with Crippen molar-refractivity contribution in [1.82, 2.24) is 15.0 Å². The van der Waals surface area contributed by atoms with Crippen LogP contribution in [0.3, 0.4) is 0 Å². The maximum Gasteiger partial charge on any atom is 0.227 e. The third kappa shape index (κ3) is 4.95. The third-order valence-electron chi connectivity index (χ3n) is 6.49. The molecule has 1 aliphatic carbocycles. The number of anilines is 2. The van der Waals surface area contributed by atoms with E-state index < -0.39 is 17.2 Å². The number of carbonyl (C=O) groups excluding carboxylic acids is 1. The predicted octanol–water partition coefficient (Wildman–Crippen LogP) is 5.18. The highest BCUT2D eigenvalue weighted by atomic mass is 32.1. The van der Waals surface area contributed by atoms with Crippen LogP contribution in [0.2, 0.25) is 0 Å². The van der Waals surface area contributed by atoms with Gasteiger partial charge in [0.1, 0.15) is 16.8 Å². The first kappa shape index (κ1) is 24.2. The molecule has 0 bridgehead atoms. The summed E-state index contributed by atoms with van der Waals surface area (Å²) >= 11 is 1.45. The van der Waals surface area contributed by atoms with Gasteiger partial charge in [-0.1, -0.05) is 19.9 Å². The molecule has 7 nitrogen and oxygen atoms in total. The Morgan fingerprint density at radius 2 is 2.09 bits per heavy atom. The smallest absolute Gasteiger partial charge is 0.227 e. The molecule has 3 atom stereocenters. The lowest BCUT2D eigenvalue weighted by molar-refractivity contribution is -0.134. The Morgan fingerprint density at radius 3 is 2.76 bits per heavy atom. The molecule has 1 aliphatic rings. The van der Waals surface area contributed by atoms with Crippen molar-refractivity contribution in [3.63, 3.8) is 0 Å². The number of rotatable bonds is 6. The minimum Gasteiger partial charge on any atom is -0.383 e. The Hall–Kier alpha value is -2.91. The molecule has 0 aliphatic heterocycles. The molecule has 0 spiro atoms. The number of alkyl halides is 1. The van der Waals surface area contributed by atoms with Crippen molar-refractivity contribution in [1.29, 1.82) is 0 Å². The van der Waals surface area contributed by atoms with Gasteiger partial charge in [-0.3, -0.25) is 4.79 Å². The van der Waals surface area contributed by atoms with E-state index in [9.17, 15) is 14.3 Å². The van der Waals surface area contributed by atoms with Gasteiger partial charge in [0.05, 0.1) is 10.6 Å². The van der Waals surface area contributed by atoms with Crippen LogP contribution >= 0.6 is 11.3 Å². The van der Waals surface area contributed by atoms with Crippen LogP contribution in [-0.4, -0.2) is 26.0 Å². The van der Waals surface area contributed by atoms with Crippen LogP contribution in [-0.2, 0) is 10.4 Å². The topological polar surface area (TPSA) is 114 Å². The molecule has 1 saturated carbocycles. The Kier molecular flexibility index (Phi) is 6.44. The number of aromatic nitrogens is 3. The van der Waals surface area contributed by atoms with Crippen molar-refractivity contribution in [3.05, 3.63) is 52.9 Å². The largest absolute Gasteiger partial charge is 0.383 e. The summed E-state index contributed by atoms with van der Waals surface area (Å²) in [5, 5.41) is 15.2. The summed E-state index contributed by atoms with van der Waals surface area (Å²) in [4.78, 5) is 25.7. The predicted molar refractivity (Wildman–Crippen MR) is 131 cm³/mol. The standard InChI is InChI=1S/C25H30FN5O2S/c1-14-9-16(11-17(10-14)30-23-28-8-6-19(31-23)15(2)26)20-12-29-22(34-20)25(33)7-5-18(21(27)32)24(3,4)13-25/h6,8-12,15,18,33H,5,7,13H2,1-4H3,(H2,27,32)(H,28,30,31)/t15-,18+,25+/m0/s1. The van der Waals surface area contributed by atoms with Crippen LogP contribution in [0.25, 0.3) is 10.4 Å². The van der Waals surface area contributed by atoms with Gasteiger partial charge in [0.25, 0.3) is 0 Å². The average molecular weight is 484 g/mol. The maximum absolute atomic E-state index is 13.6. The molecule has 0 radical (unpaired) electrons. The Labute approximate surface area is 202 Å². The normalized spacial score (nSPS) is 22.8. The second-order valence-electron chi connectivity index (χ2n) is 9.85. The van der Waals surface area contributed by atoms with E-state index in [0.717, 1.165) is 21.7 Å². The number of thiazole rings is 1. The third-order valence-corrected chi connectivity index (χ3v) is 7.73. The zero-order valence-electron chi connectivity index (χ0n) is 19.8. The lowest BCUT2D eigenvalue weighted by atomic mass is 9.63. The molecule has 4 rings (SSSR count). The second kappa shape index (κ2) is 9.03. The van der Waals surface area contributed by atoms with E-state index in [-0.39, 0.29) is 11.8 Å². The fraction of sp³-hybridized carbons (Fsp3) is 0.440. The fourth-order valence-electron chi connectivity index (χ4n) is 4.85. The number of benzene rings is 1. The van der Waals surface area contributed by atoms with Gasteiger partial charge in [0.15, 0.2) is 0 Å². The number of hydrogen-bond donors (Lipinski definition) is 3. The Morgan fingerprint density at radius 1 is 1.32 bits per heavy atom. The molecular weight excluding hydrogens is 453 g/mol. The molecule has 3 aromatic rings. The first-order valence-electron chi connectivity index (χ1n) is 11.3. The highest BCUT2D eigenvalue weighted by Crippen LogP contribution is 2.50. The van der Waals surface area contributed by atoms with Gasteiger partial charge >= 0.3 is 0 Å². The van der Waals surface area contributed by atoms with Gasteiger partial charge in [-0.05, 0) is 67.9 Å². The Balaban J connectivity index is 1.59. The van der Waals surface area contributed by atoms with Crippen molar-refractivity contribution in [2.45, 2.75) is 58.7 Å². The summed E-state index contributed by atoms with van der Waals surface area (Å²) in [6.45, 7) is 7.37. The number of hydrogen-bond acceptors (Lipinski definition) is 7. The number of halogens is 1. The lowest BCUT2D eigenvalue weighted by Crippen LogP contribution is -2.46. The molecule has 2 heterocycles. The molecule has 9 heteroatoms. The van der Waals surface area contributed by atoms with Gasteiger partial charge in [0, 0.05) is 24.0 Å². The van der Waals surface area contributed by atoms with Gasteiger partial charge in [-0.25, -0.2) is 19.3 Å². The van der Waals surface area contributed by atoms with Gasteiger partial charge < -0.3 is 16.2 Å². The fourth-order valence-corrected chi connectivity index (χ4v) is 5.87. The van der Waals surface area contributed by atoms with Crippen LogP contribution < -0.4 is 11.1 Å². The quantitative estimate of drug-likeness (QED) is 0.445. The number of nitrogens with two attached hydrogens (primary N) is 1. The van der Waals surface area contributed by atoms with E-state index in [2.05, 4.69) is 20.3 Å². The van der Waals surface area contributed by atoms with Crippen LogP contribution in [0.4, 0.5) is 16.0 Å². The highest BCUT2D eigenvalue weighted by Gasteiger charge is 2.48. The summed E-state index contributed by atoms with van der Waals surface area (Å²) in [6, 6.07) is 7.51. The number of amides is 1. The molecule has 4 N–H and O–H groups in total. The van der Waals surface area contributed by atoms with Crippen molar-refractivity contribution >= 4 is 28.9 Å². The van der Waals surface area contributed by atoms with Crippen molar-refractivity contribution in [2.24, 2.45) is 17.1 Å². The molecule has 1 amide bonds. The molecule has 1 aromatic carbocycles. The minimum atomic E-state index is -1.18. The number of nitrogens with one attached hydrogen (secondary N) is 1. The minimum absolute atomic E-state index is 0.265. The SMILES string of the molecule is Cc1cc(Nc2nccc([C@H](C)F)n2)cc(-c2cnc([C@@]3(O)CC[C@H](C(N)=O)C(C)(C)C3)s2)c1. The number of nitrogens with zero attached hydrogens (tertiary/aromatic N) is 3. The summed E-state index contributed by atoms with van der Waals surface area (Å²) in [6.07, 6.45) is 3.51. The van der Waals surface area contributed by atoms with Crippen LogP contribution in [0.1, 0.15) is 62.5 Å². The monoisotopic (exact) mass is 483 g/mol. The zero-order valence-corrected chi connectivity index (χ0v) is 20.6. The van der Waals surface area contributed by atoms with E-state index in [1.807, 2.05) is 39.0 Å². The average Bonchev–Trinajstić information content (AvgIpc) is 3.24. The lowest BCUT2D eigenvalue weighted by Gasteiger charge is -2.44. The van der Waals surface area contributed by atoms with E-state index in [0.29, 0.717) is 35.9 Å². The van der Waals surface area contributed by atoms with E-state index in [4.69, 9.17) is 5.73 Å². The molecule has 1 fully saturated rings. The van der Waals surface area contributed by atoms with E-state index in [1.54, 1.807) is 12.3 Å². The number of aliphatic hydroxyl groups is 1. The molecule has 0 unspecified atom stereocenters. The summed E-state index contributed by atoms with van der Waals surface area (Å²) in [7, 11) is 0. The highest BCUT2D eigenvalue weighted by molar-refractivity contribution is 7.15. The Bertz CT molecular complexity index is 1210. The summed E-state index contributed by atoms with van der Waals surface area (Å²) < 4.78 is 13.6. The first-order valence-corrected chi connectivity index (χ1v) is 12.1. The second-order valence-corrected chi connectivity index (χ2v) is 10.9.